The molecule has 140 valence electrons. The van der Waals surface area contributed by atoms with Gasteiger partial charge in [-0.15, -0.1) is 0 Å². The zero-order valence-corrected chi connectivity index (χ0v) is 16.2. The molecule has 0 spiro atoms. The molecule has 0 aliphatic heterocycles. The zero-order chi connectivity index (χ0) is 19.2. The van der Waals surface area contributed by atoms with Crippen molar-refractivity contribution in [2.75, 3.05) is 6.54 Å². The Morgan fingerprint density at radius 3 is 2.54 bits per heavy atom. The molecule has 0 atom stereocenters. The van der Waals surface area contributed by atoms with E-state index >= 15 is 0 Å². The third kappa shape index (κ3) is 5.86. The molecule has 26 heavy (non-hydrogen) atoms. The summed E-state index contributed by atoms with van der Waals surface area (Å²) in [5.74, 6) is 0.675. The first-order valence-electron chi connectivity index (χ1n) is 8.49. The van der Waals surface area contributed by atoms with E-state index in [0.717, 1.165) is 12.1 Å². The van der Waals surface area contributed by atoms with Crippen molar-refractivity contribution in [1.29, 1.82) is 0 Å². The van der Waals surface area contributed by atoms with E-state index in [-0.39, 0.29) is 4.90 Å². The molecule has 7 heteroatoms. The number of benzene rings is 2. The van der Waals surface area contributed by atoms with E-state index in [1.54, 1.807) is 12.1 Å². The van der Waals surface area contributed by atoms with Gasteiger partial charge in [-0.3, -0.25) is 0 Å². The first-order chi connectivity index (χ1) is 12.3. The fourth-order valence-corrected chi connectivity index (χ4v) is 3.14. The maximum Gasteiger partial charge on any atom is 0.238 e. The molecule has 0 unspecified atom stereocenters. The van der Waals surface area contributed by atoms with Gasteiger partial charge in [0.2, 0.25) is 10.0 Å². The average Bonchev–Trinajstić information content (AvgIpc) is 2.58. The predicted octanol–water partition coefficient (Wildman–Crippen LogP) is 2.21. The summed E-state index contributed by atoms with van der Waals surface area (Å²) >= 11 is 0. The molecule has 0 fully saturated rings. The van der Waals surface area contributed by atoms with Gasteiger partial charge in [0.25, 0.3) is 0 Å². The lowest BCUT2D eigenvalue weighted by molar-refractivity contribution is 0.597. The normalized spacial score (nSPS) is 12.1. The van der Waals surface area contributed by atoms with Gasteiger partial charge < -0.3 is 10.6 Å². The van der Waals surface area contributed by atoms with E-state index in [2.05, 4.69) is 47.7 Å². The summed E-state index contributed by atoms with van der Waals surface area (Å²) in [6, 6.07) is 12.9. The Balaban J connectivity index is 2.09. The van der Waals surface area contributed by atoms with Gasteiger partial charge in [0.1, 0.15) is 0 Å². The monoisotopic (exact) mass is 374 g/mol. The van der Waals surface area contributed by atoms with Crippen LogP contribution in [0.5, 0.6) is 0 Å². The van der Waals surface area contributed by atoms with Crippen molar-refractivity contribution in [3.63, 3.8) is 0 Å². The highest BCUT2D eigenvalue weighted by molar-refractivity contribution is 7.89. The van der Waals surface area contributed by atoms with Crippen LogP contribution in [-0.4, -0.2) is 20.9 Å². The first kappa shape index (κ1) is 19.9. The predicted molar refractivity (Wildman–Crippen MR) is 105 cm³/mol. The molecule has 0 saturated carbocycles. The van der Waals surface area contributed by atoms with E-state index in [0.29, 0.717) is 19.0 Å². The minimum Gasteiger partial charge on any atom is -0.357 e. The highest BCUT2D eigenvalue weighted by Crippen LogP contribution is 2.11. The number of hydrogen-bond acceptors (Lipinski definition) is 3. The third-order valence-corrected chi connectivity index (χ3v) is 4.85. The van der Waals surface area contributed by atoms with Crippen molar-refractivity contribution in [3.8, 4) is 0 Å². The summed E-state index contributed by atoms with van der Waals surface area (Å²) in [6.07, 6.45) is 0. The quantitative estimate of drug-likeness (QED) is 0.533. The number of nitrogens with two attached hydrogens (primary N) is 1. The Hall–Kier alpha value is -2.38. The van der Waals surface area contributed by atoms with Crippen LogP contribution in [0.15, 0.2) is 52.4 Å². The number of guanidine groups is 1. The lowest BCUT2D eigenvalue weighted by atomic mass is 10.1. The van der Waals surface area contributed by atoms with Crippen LogP contribution >= 0.6 is 0 Å². The van der Waals surface area contributed by atoms with Crippen LogP contribution in [0.3, 0.4) is 0 Å². The maximum atomic E-state index is 11.5. The Morgan fingerprint density at radius 2 is 1.88 bits per heavy atom. The standard InChI is InChI=1S/C19H26N4O2S/c1-4-21-19(23-13-17-9-8-14(2)10-15(17)3)22-12-16-6-5-7-18(11-16)26(20,24)25/h5-11H,4,12-13H2,1-3H3,(H2,20,24,25)(H2,21,22,23). The molecule has 4 N–H and O–H groups in total. The largest absolute Gasteiger partial charge is 0.357 e. The molecule has 0 aliphatic rings. The molecule has 2 aromatic carbocycles. The second-order valence-corrected chi connectivity index (χ2v) is 7.73. The van der Waals surface area contributed by atoms with E-state index in [1.165, 1.54) is 22.8 Å². The maximum absolute atomic E-state index is 11.5. The number of sulfonamides is 1. The van der Waals surface area contributed by atoms with Gasteiger partial charge in [-0.05, 0) is 49.6 Å². The van der Waals surface area contributed by atoms with Gasteiger partial charge >= 0.3 is 0 Å². The number of nitrogens with zero attached hydrogens (tertiary/aromatic N) is 1. The molecule has 6 nitrogen and oxygen atoms in total. The molecule has 0 bridgehead atoms. The topological polar surface area (TPSA) is 96.6 Å². The van der Waals surface area contributed by atoms with Crippen molar-refractivity contribution < 1.29 is 8.42 Å². The van der Waals surface area contributed by atoms with Crippen LogP contribution in [0.4, 0.5) is 0 Å². The number of aryl methyl sites for hydroxylation is 2. The van der Waals surface area contributed by atoms with E-state index in [4.69, 9.17) is 5.14 Å². The second kappa shape index (κ2) is 8.82. The minimum atomic E-state index is -3.71. The number of nitrogens with one attached hydrogen (secondary N) is 2. The Morgan fingerprint density at radius 1 is 1.12 bits per heavy atom. The summed E-state index contributed by atoms with van der Waals surface area (Å²) < 4.78 is 22.9. The van der Waals surface area contributed by atoms with Gasteiger partial charge in [-0.1, -0.05) is 35.9 Å². The van der Waals surface area contributed by atoms with Crippen LogP contribution in [0.25, 0.3) is 0 Å². The summed E-state index contributed by atoms with van der Waals surface area (Å²) in [5, 5.41) is 11.7. The number of hydrogen-bond donors (Lipinski definition) is 3. The van der Waals surface area contributed by atoms with Crippen LogP contribution in [0, 0.1) is 13.8 Å². The Labute approximate surface area is 155 Å². The Kier molecular flexibility index (Phi) is 6.76. The molecule has 0 aromatic heterocycles. The third-order valence-electron chi connectivity index (χ3n) is 3.94. The lowest BCUT2D eigenvalue weighted by Crippen LogP contribution is -2.36. The molecule has 2 rings (SSSR count). The van der Waals surface area contributed by atoms with Crippen molar-refractivity contribution in [3.05, 3.63) is 64.7 Å². The Bertz CT molecular complexity index is 892. The number of aliphatic imine (C=N–C) groups is 1. The molecular weight excluding hydrogens is 348 g/mol. The van der Waals surface area contributed by atoms with Crippen LogP contribution in [0.2, 0.25) is 0 Å². The highest BCUT2D eigenvalue weighted by atomic mass is 32.2. The molecule has 0 radical (unpaired) electrons. The van der Waals surface area contributed by atoms with Crippen molar-refractivity contribution in [1.82, 2.24) is 10.6 Å². The molecule has 0 amide bonds. The van der Waals surface area contributed by atoms with Crippen molar-refractivity contribution >= 4 is 16.0 Å². The van der Waals surface area contributed by atoms with Gasteiger partial charge in [0.05, 0.1) is 11.4 Å². The van der Waals surface area contributed by atoms with Crippen molar-refractivity contribution in [2.45, 2.75) is 38.8 Å². The summed E-state index contributed by atoms with van der Waals surface area (Å²) in [4.78, 5) is 4.62. The zero-order valence-electron chi connectivity index (χ0n) is 15.4. The first-order valence-corrected chi connectivity index (χ1v) is 10.0. The highest BCUT2D eigenvalue weighted by Gasteiger charge is 2.08. The second-order valence-electron chi connectivity index (χ2n) is 6.17. The van der Waals surface area contributed by atoms with Gasteiger partial charge in [0.15, 0.2) is 5.96 Å². The van der Waals surface area contributed by atoms with Gasteiger partial charge in [-0.25, -0.2) is 18.5 Å². The van der Waals surface area contributed by atoms with Gasteiger partial charge in [-0.2, -0.15) is 0 Å². The summed E-state index contributed by atoms with van der Waals surface area (Å²) in [7, 11) is -3.71. The smallest absolute Gasteiger partial charge is 0.238 e. The van der Waals surface area contributed by atoms with Crippen LogP contribution in [0.1, 0.15) is 29.2 Å². The van der Waals surface area contributed by atoms with E-state index in [9.17, 15) is 8.42 Å². The summed E-state index contributed by atoms with van der Waals surface area (Å²) in [5.41, 5.74) is 4.45. The molecule has 2 aromatic rings. The SMILES string of the molecule is CCNC(=NCc1cccc(S(N)(=O)=O)c1)NCc1ccc(C)cc1C. The van der Waals surface area contributed by atoms with Gasteiger partial charge in [0, 0.05) is 13.1 Å². The minimum absolute atomic E-state index is 0.0958. The lowest BCUT2D eigenvalue weighted by Gasteiger charge is -2.13. The average molecular weight is 375 g/mol. The molecule has 0 aliphatic carbocycles. The fraction of sp³-hybridized carbons (Fsp3) is 0.316. The number of primary sulfonamides is 1. The fourth-order valence-electron chi connectivity index (χ4n) is 2.56. The van der Waals surface area contributed by atoms with Crippen molar-refractivity contribution in [2.24, 2.45) is 10.1 Å². The van der Waals surface area contributed by atoms with Crippen LogP contribution in [-0.2, 0) is 23.1 Å². The molecule has 0 saturated heterocycles. The summed E-state index contributed by atoms with van der Waals surface area (Å²) in [6.45, 7) is 7.91. The van der Waals surface area contributed by atoms with E-state index < -0.39 is 10.0 Å². The molecule has 0 heterocycles. The van der Waals surface area contributed by atoms with E-state index in [1.807, 2.05) is 13.0 Å². The molecular formula is C19H26N4O2S. The number of rotatable bonds is 6. The van der Waals surface area contributed by atoms with Crippen LogP contribution < -0.4 is 15.8 Å².